The predicted octanol–water partition coefficient (Wildman–Crippen LogP) is 6.67. The SMILES string of the molecule is CC1CCC(C2CCC(CCc3cc(F)c(F)c(F)c3)CC2)CC1. The van der Waals surface area contributed by atoms with Gasteiger partial charge in [0.05, 0.1) is 0 Å². The molecule has 0 amide bonds. The molecule has 24 heavy (non-hydrogen) atoms. The van der Waals surface area contributed by atoms with Crippen LogP contribution in [0, 0.1) is 41.1 Å². The molecule has 0 atom stereocenters. The molecule has 0 unspecified atom stereocenters. The molecule has 3 rings (SSSR count). The van der Waals surface area contributed by atoms with Crippen molar-refractivity contribution in [3.8, 4) is 0 Å². The lowest BCUT2D eigenvalue weighted by molar-refractivity contribution is 0.148. The molecule has 0 heterocycles. The molecule has 0 aromatic heterocycles. The first-order valence-electron chi connectivity index (χ1n) is 9.66. The maximum absolute atomic E-state index is 13.3. The zero-order chi connectivity index (χ0) is 17.1. The third kappa shape index (κ3) is 4.34. The van der Waals surface area contributed by atoms with Crippen LogP contribution in [-0.2, 0) is 6.42 Å². The molecule has 0 bridgehead atoms. The highest BCUT2D eigenvalue weighted by molar-refractivity contribution is 5.19. The molecule has 0 spiro atoms. The van der Waals surface area contributed by atoms with Crippen LogP contribution in [0.15, 0.2) is 12.1 Å². The summed E-state index contributed by atoms with van der Waals surface area (Å²) in [7, 11) is 0. The van der Waals surface area contributed by atoms with Gasteiger partial charge in [-0.25, -0.2) is 13.2 Å². The Kier molecular flexibility index (Phi) is 5.89. The zero-order valence-electron chi connectivity index (χ0n) is 14.7. The summed E-state index contributed by atoms with van der Waals surface area (Å²) < 4.78 is 39.6. The number of aryl methyl sites for hydroxylation is 1. The van der Waals surface area contributed by atoms with E-state index in [1.165, 1.54) is 51.4 Å². The van der Waals surface area contributed by atoms with Crippen molar-refractivity contribution in [1.29, 1.82) is 0 Å². The third-order valence-corrected chi connectivity index (χ3v) is 6.50. The average Bonchev–Trinajstić information content (AvgIpc) is 2.59. The van der Waals surface area contributed by atoms with Crippen molar-refractivity contribution >= 4 is 0 Å². The second-order valence-corrected chi connectivity index (χ2v) is 8.21. The lowest BCUT2D eigenvalue weighted by Crippen LogP contribution is -2.25. The molecule has 0 saturated heterocycles. The van der Waals surface area contributed by atoms with Crippen LogP contribution < -0.4 is 0 Å². The van der Waals surface area contributed by atoms with Crippen LogP contribution in [0.5, 0.6) is 0 Å². The fourth-order valence-corrected chi connectivity index (χ4v) is 4.83. The summed E-state index contributed by atoms with van der Waals surface area (Å²) >= 11 is 0. The standard InChI is InChI=1S/C21H29F3/c1-14-2-8-17(9-3-14)18-10-6-15(7-11-18)4-5-16-12-19(22)21(24)20(23)13-16/h12-15,17-18H,2-11H2,1H3. The number of rotatable bonds is 4. The Labute approximate surface area is 143 Å². The summed E-state index contributed by atoms with van der Waals surface area (Å²) in [6.07, 6.45) is 12.3. The summed E-state index contributed by atoms with van der Waals surface area (Å²) in [5.74, 6) is -0.104. The molecule has 0 nitrogen and oxygen atoms in total. The number of hydrogen-bond donors (Lipinski definition) is 0. The first-order valence-corrected chi connectivity index (χ1v) is 9.66. The largest absolute Gasteiger partial charge is 0.204 e. The molecule has 2 fully saturated rings. The maximum Gasteiger partial charge on any atom is 0.194 e. The first kappa shape index (κ1) is 17.8. The van der Waals surface area contributed by atoms with Crippen LogP contribution in [-0.4, -0.2) is 0 Å². The molecule has 134 valence electrons. The van der Waals surface area contributed by atoms with E-state index < -0.39 is 17.5 Å². The van der Waals surface area contributed by atoms with Gasteiger partial charge in [-0.1, -0.05) is 32.6 Å². The van der Waals surface area contributed by atoms with Gasteiger partial charge in [0.2, 0.25) is 0 Å². The van der Waals surface area contributed by atoms with Gasteiger partial charge < -0.3 is 0 Å². The van der Waals surface area contributed by atoms with Gasteiger partial charge in [0, 0.05) is 0 Å². The van der Waals surface area contributed by atoms with E-state index in [4.69, 9.17) is 0 Å². The van der Waals surface area contributed by atoms with Crippen LogP contribution in [0.4, 0.5) is 13.2 Å². The van der Waals surface area contributed by atoms with E-state index in [1.807, 2.05) is 0 Å². The molecule has 0 radical (unpaired) electrons. The van der Waals surface area contributed by atoms with Crippen LogP contribution in [0.3, 0.4) is 0 Å². The summed E-state index contributed by atoms with van der Waals surface area (Å²) in [5.41, 5.74) is 0.579. The van der Waals surface area contributed by atoms with Gasteiger partial charge in [-0.05, 0) is 79.9 Å². The Bertz CT molecular complexity index is 515. The van der Waals surface area contributed by atoms with E-state index in [0.29, 0.717) is 17.9 Å². The van der Waals surface area contributed by atoms with E-state index in [0.717, 1.165) is 36.3 Å². The lowest BCUT2D eigenvalue weighted by Gasteiger charge is -2.37. The summed E-state index contributed by atoms with van der Waals surface area (Å²) in [6, 6.07) is 2.29. The van der Waals surface area contributed by atoms with Crippen molar-refractivity contribution in [2.75, 3.05) is 0 Å². The minimum Gasteiger partial charge on any atom is -0.204 e. The summed E-state index contributed by atoms with van der Waals surface area (Å²) in [4.78, 5) is 0. The van der Waals surface area contributed by atoms with E-state index in [9.17, 15) is 13.2 Å². The monoisotopic (exact) mass is 338 g/mol. The van der Waals surface area contributed by atoms with Crippen molar-refractivity contribution < 1.29 is 13.2 Å². The van der Waals surface area contributed by atoms with Gasteiger partial charge in [-0.15, -0.1) is 0 Å². The normalized spacial score (nSPS) is 31.2. The van der Waals surface area contributed by atoms with E-state index in [1.54, 1.807) is 0 Å². The van der Waals surface area contributed by atoms with Gasteiger partial charge in [0.25, 0.3) is 0 Å². The number of halogens is 3. The predicted molar refractivity (Wildman–Crippen MR) is 91.2 cm³/mol. The smallest absolute Gasteiger partial charge is 0.194 e. The zero-order valence-corrected chi connectivity index (χ0v) is 14.7. The second kappa shape index (κ2) is 7.93. The molecular weight excluding hydrogens is 309 g/mol. The lowest BCUT2D eigenvalue weighted by atomic mass is 9.69. The molecule has 1 aromatic carbocycles. The molecule has 3 heteroatoms. The molecule has 0 N–H and O–H groups in total. The highest BCUT2D eigenvalue weighted by Gasteiger charge is 2.29. The quantitative estimate of drug-likeness (QED) is 0.538. The fourth-order valence-electron chi connectivity index (χ4n) is 4.83. The van der Waals surface area contributed by atoms with Gasteiger partial charge >= 0.3 is 0 Å². The van der Waals surface area contributed by atoms with Crippen LogP contribution in [0.25, 0.3) is 0 Å². The number of benzene rings is 1. The summed E-state index contributed by atoms with van der Waals surface area (Å²) in [5, 5.41) is 0. The van der Waals surface area contributed by atoms with E-state index in [2.05, 4.69) is 6.92 Å². The third-order valence-electron chi connectivity index (χ3n) is 6.50. The Morgan fingerprint density at radius 1 is 0.792 bits per heavy atom. The van der Waals surface area contributed by atoms with Crippen molar-refractivity contribution in [3.63, 3.8) is 0 Å². The molecule has 2 aliphatic rings. The van der Waals surface area contributed by atoms with Gasteiger partial charge in [0.1, 0.15) is 0 Å². The summed E-state index contributed by atoms with van der Waals surface area (Å²) in [6.45, 7) is 2.37. The van der Waals surface area contributed by atoms with Crippen molar-refractivity contribution in [1.82, 2.24) is 0 Å². The Balaban J connectivity index is 1.44. The molecule has 1 aromatic rings. The highest BCUT2D eigenvalue weighted by Crippen LogP contribution is 2.42. The van der Waals surface area contributed by atoms with E-state index in [-0.39, 0.29) is 0 Å². The Morgan fingerprint density at radius 2 is 1.29 bits per heavy atom. The van der Waals surface area contributed by atoms with Crippen molar-refractivity contribution in [2.45, 2.75) is 71.1 Å². The van der Waals surface area contributed by atoms with Gasteiger partial charge in [-0.2, -0.15) is 0 Å². The van der Waals surface area contributed by atoms with Crippen LogP contribution in [0.2, 0.25) is 0 Å². The first-order chi connectivity index (χ1) is 11.5. The Morgan fingerprint density at radius 3 is 1.83 bits per heavy atom. The van der Waals surface area contributed by atoms with E-state index >= 15 is 0 Å². The minimum atomic E-state index is -1.36. The minimum absolute atomic E-state index is 0.579. The average molecular weight is 338 g/mol. The molecule has 2 saturated carbocycles. The number of hydrogen-bond acceptors (Lipinski definition) is 0. The highest BCUT2D eigenvalue weighted by atomic mass is 19.2. The molecule has 0 aliphatic heterocycles. The van der Waals surface area contributed by atoms with Crippen LogP contribution in [0.1, 0.15) is 70.3 Å². The second-order valence-electron chi connectivity index (χ2n) is 8.21. The maximum atomic E-state index is 13.3. The Hall–Kier alpha value is -0.990. The van der Waals surface area contributed by atoms with Crippen molar-refractivity contribution in [3.05, 3.63) is 35.1 Å². The van der Waals surface area contributed by atoms with Gasteiger partial charge in [0.15, 0.2) is 17.5 Å². The topological polar surface area (TPSA) is 0 Å². The fraction of sp³-hybridized carbons (Fsp3) is 0.714. The van der Waals surface area contributed by atoms with Crippen LogP contribution >= 0.6 is 0 Å². The van der Waals surface area contributed by atoms with Gasteiger partial charge in [-0.3, -0.25) is 0 Å². The molecular formula is C21H29F3. The molecule has 2 aliphatic carbocycles. The van der Waals surface area contributed by atoms with Crippen molar-refractivity contribution in [2.24, 2.45) is 23.7 Å².